The van der Waals surface area contributed by atoms with Crippen molar-refractivity contribution in [3.63, 3.8) is 0 Å². The number of aliphatic hydroxyl groups excluding tert-OH is 1. The minimum atomic E-state index is -0.0414. The van der Waals surface area contributed by atoms with E-state index in [9.17, 15) is 5.11 Å². The molecule has 0 amide bonds. The third kappa shape index (κ3) is 3.41. The normalized spacial score (nSPS) is 11.4. The number of benzene rings is 2. The van der Waals surface area contributed by atoms with Gasteiger partial charge in [0.1, 0.15) is 11.5 Å². The molecule has 0 aliphatic heterocycles. The van der Waals surface area contributed by atoms with Gasteiger partial charge in [0.15, 0.2) is 0 Å². The number of rotatable bonds is 3. The van der Waals surface area contributed by atoms with Gasteiger partial charge in [-0.2, -0.15) is 0 Å². The summed E-state index contributed by atoms with van der Waals surface area (Å²) < 4.78 is 6.98. The summed E-state index contributed by atoms with van der Waals surface area (Å²) in [5.74, 6) is 1.51. The maximum atomic E-state index is 9.42. The maximum absolute atomic E-state index is 9.42. The second kappa shape index (κ2) is 5.98. The Morgan fingerprint density at radius 3 is 2.40 bits per heavy atom. The van der Waals surface area contributed by atoms with Gasteiger partial charge in [-0.15, -0.1) is 0 Å². The summed E-state index contributed by atoms with van der Waals surface area (Å²) in [6.07, 6.45) is 0. The van der Waals surface area contributed by atoms with E-state index in [1.807, 2.05) is 36.4 Å². The molecule has 0 atom stereocenters. The molecule has 0 aliphatic carbocycles. The Kier molecular flexibility index (Phi) is 4.51. The van der Waals surface area contributed by atoms with Crippen molar-refractivity contribution in [1.29, 1.82) is 0 Å². The molecule has 3 heteroatoms. The van der Waals surface area contributed by atoms with Gasteiger partial charge in [-0.05, 0) is 23.6 Å². The first-order valence-corrected chi connectivity index (χ1v) is 7.38. The molecule has 0 aliphatic rings. The van der Waals surface area contributed by atoms with Crippen molar-refractivity contribution in [3.05, 3.63) is 58.1 Å². The van der Waals surface area contributed by atoms with Crippen molar-refractivity contribution in [1.82, 2.24) is 0 Å². The third-order valence-electron chi connectivity index (χ3n) is 3.11. The third-order valence-corrected chi connectivity index (χ3v) is 3.61. The first kappa shape index (κ1) is 15.1. The number of ether oxygens (including phenoxy) is 1. The Bertz CT molecular complexity index is 600. The van der Waals surface area contributed by atoms with E-state index in [2.05, 4.69) is 42.8 Å². The highest BCUT2D eigenvalue weighted by Gasteiger charge is 2.19. The van der Waals surface area contributed by atoms with Crippen LogP contribution in [0.4, 0.5) is 0 Å². The van der Waals surface area contributed by atoms with Crippen LogP contribution in [-0.2, 0) is 12.0 Å². The van der Waals surface area contributed by atoms with Gasteiger partial charge in [-0.3, -0.25) is 0 Å². The Balaban J connectivity index is 2.43. The summed E-state index contributed by atoms with van der Waals surface area (Å²) in [6.45, 7) is 6.43. The van der Waals surface area contributed by atoms with Crippen LogP contribution in [0, 0.1) is 0 Å². The van der Waals surface area contributed by atoms with E-state index in [4.69, 9.17) is 4.74 Å². The zero-order valence-corrected chi connectivity index (χ0v) is 13.6. The predicted molar refractivity (Wildman–Crippen MR) is 85.3 cm³/mol. The van der Waals surface area contributed by atoms with Crippen molar-refractivity contribution in [2.24, 2.45) is 0 Å². The van der Waals surface area contributed by atoms with Crippen molar-refractivity contribution in [2.75, 3.05) is 0 Å². The topological polar surface area (TPSA) is 29.5 Å². The lowest BCUT2D eigenvalue weighted by Crippen LogP contribution is -2.12. The number of halogens is 1. The molecular formula is C17H19BrO2. The molecule has 0 aromatic heterocycles. The molecule has 2 aromatic carbocycles. The molecule has 0 heterocycles. The number of aliphatic hydroxyl groups is 1. The molecule has 0 spiro atoms. The largest absolute Gasteiger partial charge is 0.457 e. The summed E-state index contributed by atoms with van der Waals surface area (Å²) in [4.78, 5) is 0. The standard InChI is InChI=1S/C17H19BrO2/c1-17(2,3)14-6-4-5-7-15(14)20-16-10-13(18)9-8-12(16)11-19/h4-10,19H,11H2,1-3H3. The van der Waals surface area contributed by atoms with Crippen molar-refractivity contribution in [3.8, 4) is 11.5 Å². The zero-order valence-electron chi connectivity index (χ0n) is 12.0. The molecule has 0 unspecified atom stereocenters. The van der Waals surface area contributed by atoms with Gasteiger partial charge in [0.25, 0.3) is 0 Å². The fraction of sp³-hybridized carbons (Fsp3) is 0.294. The summed E-state index contributed by atoms with van der Waals surface area (Å²) in [5, 5.41) is 9.42. The summed E-state index contributed by atoms with van der Waals surface area (Å²) in [7, 11) is 0. The van der Waals surface area contributed by atoms with E-state index in [0.29, 0.717) is 5.75 Å². The molecule has 0 bridgehead atoms. The van der Waals surface area contributed by atoms with Crippen LogP contribution in [0.1, 0.15) is 31.9 Å². The number of para-hydroxylation sites is 1. The second-order valence-electron chi connectivity index (χ2n) is 5.76. The Morgan fingerprint density at radius 2 is 1.75 bits per heavy atom. The highest BCUT2D eigenvalue weighted by atomic mass is 79.9. The van der Waals surface area contributed by atoms with Crippen LogP contribution in [-0.4, -0.2) is 5.11 Å². The van der Waals surface area contributed by atoms with Crippen LogP contribution in [0.2, 0.25) is 0 Å². The molecule has 106 valence electrons. The zero-order chi connectivity index (χ0) is 14.8. The molecular weight excluding hydrogens is 316 g/mol. The Morgan fingerprint density at radius 1 is 1.05 bits per heavy atom. The van der Waals surface area contributed by atoms with Gasteiger partial charge in [0.05, 0.1) is 6.61 Å². The number of hydrogen-bond acceptors (Lipinski definition) is 2. The average molecular weight is 335 g/mol. The molecule has 0 radical (unpaired) electrons. The van der Waals surface area contributed by atoms with Crippen LogP contribution in [0.3, 0.4) is 0 Å². The fourth-order valence-corrected chi connectivity index (χ4v) is 2.39. The highest BCUT2D eigenvalue weighted by Crippen LogP contribution is 2.35. The monoisotopic (exact) mass is 334 g/mol. The average Bonchev–Trinajstić information content (AvgIpc) is 2.38. The van der Waals surface area contributed by atoms with E-state index >= 15 is 0 Å². The molecule has 1 N–H and O–H groups in total. The lowest BCUT2D eigenvalue weighted by atomic mass is 9.86. The van der Waals surface area contributed by atoms with Gasteiger partial charge < -0.3 is 9.84 Å². The Hall–Kier alpha value is -1.32. The van der Waals surface area contributed by atoms with Gasteiger partial charge in [-0.1, -0.05) is 61.0 Å². The van der Waals surface area contributed by atoms with E-state index < -0.39 is 0 Å². The molecule has 0 fully saturated rings. The minimum Gasteiger partial charge on any atom is -0.457 e. The van der Waals surface area contributed by atoms with E-state index in [0.717, 1.165) is 21.3 Å². The van der Waals surface area contributed by atoms with Crippen LogP contribution in [0.5, 0.6) is 11.5 Å². The highest BCUT2D eigenvalue weighted by molar-refractivity contribution is 9.10. The van der Waals surface area contributed by atoms with E-state index in [-0.39, 0.29) is 12.0 Å². The minimum absolute atomic E-state index is 0.00197. The molecule has 20 heavy (non-hydrogen) atoms. The lowest BCUT2D eigenvalue weighted by Gasteiger charge is -2.23. The fourth-order valence-electron chi connectivity index (χ4n) is 2.05. The first-order valence-electron chi connectivity index (χ1n) is 6.58. The van der Waals surface area contributed by atoms with Crippen LogP contribution in [0.25, 0.3) is 0 Å². The molecule has 2 rings (SSSR count). The maximum Gasteiger partial charge on any atom is 0.134 e. The second-order valence-corrected chi connectivity index (χ2v) is 6.67. The van der Waals surface area contributed by atoms with Crippen LogP contribution >= 0.6 is 15.9 Å². The van der Waals surface area contributed by atoms with Gasteiger partial charge >= 0.3 is 0 Å². The van der Waals surface area contributed by atoms with E-state index in [1.54, 1.807) is 0 Å². The quantitative estimate of drug-likeness (QED) is 0.852. The van der Waals surface area contributed by atoms with Gasteiger partial charge in [0.2, 0.25) is 0 Å². The van der Waals surface area contributed by atoms with Crippen LogP contribution < -0.4 is 4.74 Å². The van der Waals surface area contributed by atoms with Gasteiger partial charge in [0, 0.05) is 15.6 Å². The summed E-state index contributed by atoms with van der Waals surface area (Å²) >= 11 is 3.44. The Labute approximate surface area is 128 Å². The van der Waals surface area contributed by atoms with Crippen molar-refractivity contribution < 1.29 is 9.84 Å². The molecule has 0 saturated heterocycles. The lowest BCUT2D eigenvalue weighted by molar-refractivity contribution is 0.276. The smallest absolute Gasteiger partial charge is 0.134 e. The predicted octanol–water partition coefficient (Wildman–Crippen LogP) is 5.03. The molecule has 2 nitrogen and oxygen atoms in total. The van der Waals surface area contributed by atoms with Gasteiger partial charge in [-0.25, -0.2) is 0 Å². The summed E-state index contributed by atoms with van der Waals surface area (Å²) in [5.41, 5.74) is 1.92. The SMILES string of the molecule is CC(C)(C)c1ccccc1Oc1cc(Br)ccc1CO. The first-order chi connectivity index (χ1) is 9.41. The number of hydrogen-bond donors (Lipinski definition) is 1. The van der Waals surface area contributed by atoms with Crippen molar-refractivity contribution in [2.45, 2.75) is 32.8 Å². The van der Waals surface area contributed by atoms with Crippen LogP contribution in [0.15, 0.2) is 46.9 Å². The summed E-state index contributed by atoms with van der Waals surface area (Å²) in [6, 6.07) is 13.6. The van der Waals surface area contributed by atoms with Crippen molar-refractivity contribution >= 4 is 15.9 Å². The molecule has 0 saturated carbocycles. The molecule has 2 aromatic rings. The van der Waals surface area contributed by atoms with E-state index in [1.165, 1.54) is 0 Å².